The Labute approximate surface area is 72.7 Å². The van der Waals surface area contributed by atoms with Crippen LogP contribution < -0.4 is 0 Å². The molecule has 0 bridgehead atoms. The summed E-state index contributed by atoms with van der Waals surface area (Å²) in [5.41, 5.74) is 0. The molecule has 2 nitrogen and oxygen atoms in total. The van der Waals surface area contributed by atoms with Gasteiger partial charge < -0.3 is 0 Å². The molecular formula is C7H14O2S2. The monoisotopic (exact) mass is 194 g/mol. The molecule has 0 spiro atoms. The van der Waals surface area contributed by atoms with E-state index in [9.17, 15) is 8.42 Å². The number of sulfone groups is 1. The lowest BCUT2D eigenvalue weighted by atomic mass is 10.4. The SMILES string of the molecule is CSC1(S(C)(=O)=O)CCCC1. The molecule has 66 valence electrons. The molecule has 0 amide bonds. The Morgan fingerprint density at radius 1 is 1.27 bits per heavy atom. The lowest BCUT2D eigenvalue weighted by Crippen LogP contribution is -2.30. The van der Waals surface area contributed by atoms with Gasteiger partial charge in [-0.25, -0.2) is 8.42 Å². The molecule has 0 saturated heterocycles. The third-order valence-electron chi connectivity index (χ3n) is 2.41. The van der Waals surface area contributed by atoms with E-state index in [-0.39, 0.29) is 0 Å². The molecule has 1 rings (SSSR count). The van der Waals surface area contributed by atoms with Gasteiger partial charge in [0.25, 0.3) is 0 Å². The van der Waals surface area contributed by atoms with Crippen LogP contribution in [0.2, 0.25) is 0 Å². The first-order valence-electron chi connectivity index (χ1n) is 3.77. The highest BCUT2D eigenvalue weighted by Crippen LogP contribution is 2.43. The van der Waals surface area contributed by atoms with E-state index in [0.717, 1.165) is 25.7 Å². The van der Waals surface area contributed by atoms with Gasteiger partial charge in [-0.05, 0) is 19.1 Å². The summed E-state index contributed by atoms with van der Waals surface area (Å²) in [6.45, 7) is 0. The lowest BCUT2D eigenvalue weighted by Gasteiger charge is -2.23. The number of rotatable bonds is 2. The topological polar surface area (TPSA) is 34.1 Å². The van der Waals surface area contributed by atoms with Crippen LogP contribution in [-0.4, -0.2) is 25.0 Å². The molecule has 0 radical (unpaired) electrons. The fourth-order valence-corrected chi connectivity index (χ4v) is 4.58. The van der Waals surface area contributed by atoms with E-state index in [1.54, 1.807) is 0 Å². The molecule has 11 heavy (non-hydrogen) atoms. The van der Waals surface area contributed by atoms with Gasteiger partial charge in [-0.15, -0.1) is 11.8 Å². The zero-order valence-electron chi connectivity index (χ0n) is 6.96. The van der Waals surface area contributed by atoms with E-state index in [0.29, 0.717) is 0 Å². The van der Waals surface area contributed by atoms with Crippen LogP contribution in [-0.2, 0) is 9.84 Å². The Balaban J connectivity index is 2.93. The second-order valence-electron chi connectivity index (χ2n) is 3.09. The third-order valence-corrected chi connectivity index (χ3v) is 6.73. The molecule has 0 aromatic rings. The average Bonchev–Trinajstić information content (AvgIpc) is 2.33. The first kappa shape index (κ1) is 9.39. The summed E-state index contributed by atoms with van der Waals surface area (Å²) >= 11 is 1.50. The van der Waals surface area contributed by atoms with Crippen molar-refractivity contribution in [2.75, 3.05) is 12.5 Å². The first-order valence-corrected chi connectivity index (χ1v) is 6.88. The second-order valence-corrected chi connectivity index (χ2v) is 6.87. The van der Waals surface area contributed by atoms with Crippen molar-refractivity contribution in [3.63, 3.8) is 0 Å². The molecule has 0 unspecified atom stereocenters. The summed E-state index contributed by atoms with van der Waals surface area (Å²) in [5, 5.41) is 0. The van der Waals surface area contributed by atoms with Crippen molar-refractivity contribution in [3.8, 4) is 0 Å². The summed E-state index contributed by atoms with van der Waals surface area (Å²) in [6, 6.07) is 0. The summed E-state index contributed by atoms with van der Waals surface area (Å²) in [6.07, 6.45) is 7.06. The van der Waals surface area contributed by atoms with Gasteiger partial charge in [0.15, 0.2) is 9.84 Å². The Kier molecular flexibility index (Phi) is 2.54. The molecule has 4 heteroatoms. The predicted octanol–water partition coefficient (Wildman–Crippen LogP) is 1.66. The maximum atomic E-state index is 11.4. The van der Waals surface area contributed by atoms with E-state index in [1.807, 2.05) is 6.26 Å². The highest BCUT2D eigenvalue weighted by atomic mass is 32.3. The molecule has 0 aromatic heterocycles. The van der Waals surface area contributed by atoms with Crippen molar-refractivity contribution < 1.29 is 8.42 Å². The average molecular weight is 194 g/mol. The van der Waals surface area contributed by atoms with E-state index in [4.69, 9.17) is 0 Å². The van der Waals surface area contributed by atoms with Crippen molar-refractivity contribution in [2.24, 2.45) is 0 Å². The molecule has 0 aliphatic heterocycles. The van der Waals surface area contributed by atoms with Crippen LogP contribution >= 0.6 is 11.8 Å². The van der Waals surface area contributed by atoms with E-state index < -0.39 is 13.9 Å². The standard InChI is InChI=1S/C7H14O2S2/c1-10-7(11(2,8)9)5-3-4-6-7/h3-6H2,1-2H3. The van der Waals surface area contributed by atoms with Gasteiger partial charge in [-0.2, -0.15) is 0 Å². The Morgan fingerprint density at radius 3 is 1.91 bits per heavy atom. The van der Waals surface area contributed by atoms with Crippen LogP contribution in [0.3, 0.4) is 0 Å². The molecule has 1 saturated carbocycles. The minimum absolute atomic E-state index is 0.437. The number of hydrogen-bond acceptors (Lipinski definition) is 3. The van der Waals surface area contributed by atoms with Crippen LogP contribution in [0, 0.1) is 0 Å². The maximum Gasteiger partial charge on any atom is 0.162 e. The molecule has 1 fully saturated rings. The zero-order valence-corrected chi connectivity index (χ0v) is 8.59. The molecule has 0 atom stereocenters. The van der Waals surface area contributed by atoms with Crippen LogP contribution in [0.5, 0.6) is 0 Å². The highest BCUT2D eigenvalue weighted by molar-refractivity contribution is 8.14. The van der Waals surface area contributed by atoms with Gasteiger partial charge in [-0.3, -0.25) is 0 Å². The van der Waals surface area contributed by atoms with Gasteiger partial charge in [0.05, 0.1) is 0 Å². The first-order chi connectivity index (χ1) is 5.02. The summed E-state index contributed by atoms with van der Waals surface area (Å²) in [7, 11) is -2.85. The number of hydrogen-bond donors (Lipinski definition) is 0. The number of thioether (sulfide) groups is 1. The van der Waals surface area contributed by atoms with Gasteiger partial charge in [0.2, 0.25) is 0 Å². The van der Waals surface area contributed by atoms with Gasteiger partial charge in [0.1, 0.15) is 4.08 Å². The fourth-order valence-electron chi connectivity index (χ4n) is 1.64. The van der Waals surface area contributed by atoms with Crippen molar-refractivity contribution in [2.45, 2.75) is 29.8 Å². The zero-order chi connectivity index (χ0) is 8.54. The van der Waals surface area contributed by atoms with Crippen LogP contribution in [0.4, 0.5) is 0 Å². The second kappa shape index (κ2) is 2.98. The highest BCUT2D eigenvalue weighted by Gasteiger charge is 2.42. The Hall–Kier alpha value is 0.300. The Bertz CT molecular complexity index is 225. The van der Waals surface area contributed by atoms with Crippen LogP contribution in [0.25, 0.3) is 0 Å². The van der Waals surface area contributed by atoms with Gasteiger partial charge in [0, 0.05) is 6.26 Å². The van der Waals surface area contributed by atoms with E-state index in [2.05, 4.69) is 0 Å². The van der Waals surface area contributed by atoms with E-state index >= 15 is 0 Å². The minimum atomic E-state index is -2.85. The lowest BCUT2D eigenvalue weighted by molar-refractivity contribution is 0.578. The molecule has 1 aliphatic carbocycles. The van der Waals surface area contributed by atoms with Crippen molar-refractivity contribution >= 4 is 21.6 Å². The summed E-state index contributed by atoms with van der Waals surface area (Å²) < 4.78 is 22.3. The van der Waals surface area contributed by atoms with Crippen molar-refractivity contribution in [3.05, 3.63) is 0 Å². The largest absolute Gasteiger partial charge is 0.228 e. The Morgan fingerprint density at radius 2 is 1.73 bits per heavy atom. The summed E-state index contributed by atoms with van der Waals surface area (Å²) in [5.74, 6) is 0. The smallest absolute Gasteiger partial charge is 0.162 e. The third kappa shape index (κ3) is 1.56. The molecule has 1 aliphatic rings. The maximum absolute atomic E-state index is 11.4. The minimum Gasteiger partial charge on any atom is -0.228 e. The van der Waals surface area contributed by atoms with Crippen molar-refractivity contribution in [1.29, 1.82) is 0 Å². The summed E-state index contributed by atoms with van der Waals surface area (Å²) in [4.78, 5) is 0. The normalized spacial score (nSPS) is 23.8. The van der Waals surface area contributed by atoms with Gasteiger partial charge in [-0.1, -0.05) is 12.8 Å². The molecular weight excluding hydrogens is 180 g/mol. The fraction of sp³-hybridized carbons (Fsp3) is 1.00. The van der Waals surface area contributed by atoms with Crippen LogP contribution in [0.15, 0.2) is 0 Å². The van der Waals surface area contributed by atoms with Gasteiger partial charge >= 0.3 is 0 Å². The quantitative estimate of drug-likeness (QED) is 0.670. The van der Waals surface area contributed by atoms with Crippen molar-refractivity contribution in [1.82, 2.24) is 0 Å². The predicted molar refractivity (Wildman–Crippen MR) is 49.6 cm³/mol. The van der Waals surface area contributed by atoms with E-state index in [1.165, 1.54) is 18.0 Å². The van der Waals surface area contributed by atoms with Crippen LogP contribution in [0.1, 0.15) is 25.7 Å². The molecule has 0 N–H and O–H groups in total. The molecule has 0 aromatic carbocycles. The molecule has 0 heterocycles.